The summed E-state index contributed by atoms with van der Waals surface area (Å²) in [7, 11) is 0. The Balaban J connectivity index is -0.00000000200. The molecule has 0 rings (SSSR count). The minimum absolute atomic E-state index is 0. The van der Waals surface area contributed by atoms with Gasteiger partial charge in [0.15, 0.2) is 0 Å². The minimum atomic E-state index is 0. The average molecular weight is 175 g/mol. The summed E-state index contributed by atoms with van der Waals surface area (Å²) in [5.41, 5.74) is 0. The second kappa shape index (κ2) is 158. The van der Waals surface area contributed by atoms with Crippen LogP contribution in [0.1, 0.15) is 0 Å². The van der Waals surface area contributed by atoms with Crippen molar-refractivity contribution in [3.05, 3.63) is 0 Å². The highest BCUT2D eigenvalue weighted by Crippen LogP contribution is 1.73. The predicted molar refractivity (Wildman–Crippen MR) is 34.6 cm³/mol. The van der Waals surface area contributed by atoms with Gasteiger partial charge in [-0.15, -0.1) is 23.2 Å². The minimum Gasteiger partial charge on any atom is -0.412 e. The Morgan fingerprint density at radius 2 is 0.625 bits per heavy atom. The maximum Gasteiger partial charge on any atom is 0.0967 e. The van der Waals surface area contributed by atoms with Crippen LogP contribution in [0, 0.1) is 0 Å². The summed E-state index contributed by atoms with van der Waals surface area (Å²) in [6.45, 7) is 0. The first kappa shape index (κ1) is 80.6. The first-order valence-electron chi connectivity index (χ1n) is 0.535. The van der Waals surface area contributed by atoms with Crippen LogP contribution < -0.4 is 0 Å². The van der Waals surface area contributed by atoms with Crippen molar-refractivity contribution in [1.29, 1.82) is 0 Å². The highest BCUT2D eigenvalue weighted by atomic mass is 35.5. The van der Waals surface area contributed by atoms with E-state index in [2.05, 4.69) is 0 Å². The molecular formula is CH12Cl2O5. The Kier molecular flexibility index (Phi) is 1590. The van der Waals surface area contributed by atoms with Crippen molar-refractivity contribution < 1.29 is 27.4 Å². The SMILES string of the molecule is ClCCl.O.O.O.O.O. The summed E-state index contributed by atoms with van der Waals surface area (Å²) in [6.07, 6.45) is 0. The summed E-state index contributed by atoms with van der Waals surface area (Å²) < 4.78 is 0. The van der Waals surface area contributed by atoms with E-state index in [4.69, 9.17) is 23.2 Å². The van der Waals surface area contributed by atoms with Crippen molar-refractivity contribution in [1.82, 2.24) is 0 Å². The molecule has 0 fully saturated rings. The van der Waals surface area contributed by atoms with Gasteiger partial charge in [0.2, 0.25) is 0 Å². The fourth-order valence-electron chi connectivity index (χ4n) is 0. The van der Waals surface area contributed by atoms with Crippen LogP contribution in [0.4, 0.5) is 0 Å². The normalized spacial score (nSPS) is 2.25. The van der Waals surface area contributed by atoms with Crippen molar-refractivity contribution in [2.24, 2.45) is 0 Å². The first-order chi connectivity index (χ1) is 1.41. The molecule has 5 nitrogen and oxygen atoms in total. The van der Waals surface area contributed by atoms with Gasteiger partial charge in [-0.2, -0.15) is 0 Å². The van der Waals surface area contributed by atoms with Crippen molar-refractivity contribution in [2.75, 3.05) is 5.34 Å². The molecule has 10 N–H and O–H groups in total. The lowest BCUT2D eigenvalue weighted by Crippen LogP contribution is -1.24. The van der Waals surface area contributed by atoms with Gasteiger partial charge >= 0.3 is 0 Å². The van der Waals surface area contributed by atoms with Crippen LogP contribution in [-0.2, 0) is 0 Å². The van der Waals surface area contributed by atoms with E-state index >= 15 is 0 Å². The lowest BCUT2D eigenvalue weighted by Gasteiger charge is -1.42. The van der Waals surface area contributed by atoms with Gasteiger partial charge in [-0.05, 0) is 0 Å². The van der Waals surface area contributed by atoms with E-state index in [0.29, 0.717) is 0 Å². The summed E-state index contributed by atoms with van der Waals surface area (Å²) in [6, 6.07) is 0. The molecule has 7 heteroatoms. The van der Waals surface area contributed by atoms with Crippen molar-refractivity contribution in [3.8, 4) is 0 Å². The molecule has 0 saturated heterocycles. The van der Waals surface area contributed by atoms with Crippen molar-refractivity contribution >= 4 is 23.2 Å². The fourth-order valence-corrected chi connectivity index (χ4v) is 0. The molecule has 0 unspecified atom stereocenters. The van der Waals surface area contributed by atoms with Gasteiger partial charge in [0.25, 0.3) is 0 Å². The zero-order chi connectivity index (χ0) is 2.71. The molecule has 60 valence electrons. The van der Waals surface area contributed by atoms with E-state index in [1.165, 1.54) is 0 Å². The Bertz CT molecular complexity index is 10.4. The van der Waals surface area contributed by atoms with Gasteiger partial charge in [-0.1, -0.05) is 0 Å². The van der Waals surface area contributed by atoms with Gasteiger partial charge in [-0.25, -0.2) is 0 Å². The van der Waals surface area contributed by atoms with Gasteiger partial charge in [0.1, 0.15) is 0 Å². The van der Waals surface area contributed by atoms with E-state index in [1.54, 1.807) is 0 Å². The lowest BCUT2D eigenvalue weighted by atomic mass is 11.9. The van der Waals surface area contributed by atoms with Crippen LogP contribution in [0.5, 0.6) is 0 Å². The van der Waals surface area contributed by atoms with E-state index < -0.39 is 0 Å². The van der Waals surface area contributed by atoms with Crippen molar-refractivity contribution in [3.63, 3.8) is 0 Å². The summed E-state index contributed by atoms with van der Waals surface area (Å²) in [4.78, 5) is 0. The molecule has 0 radical (unpaired) electrons. The van der Waals surface area contributed by atoms with Gasteiger partial charge in [0.05, 0.1) is 5.34 Å². The van der Waals surface area contributed by atoms with Gasteiger partial charge < -0.3 is 27.4 Å². The monoisotopic (exact) mass is 174 g/mol. The Labute approximate surface area is 56.7 Å². The highest BCUT2D eigenvalue weighted by Gasteiger charge is 1.41. The zero-order valence-corrected chi connectivity index (χ0v) is 5.47. The molecule has 0 aromatic carbocycles. The number of hydrogen-bond acceptors (Lipinski definition) is 0. The predicted octanol–water partition coefficient (Wildman–Crippen LogP) is -2.70. The molecule has 0 spiro atoms. The molecule has 0 aliphatic heterocycles. The summed E-state index contributed by atoms with van der Waals surface area (Å²) in [5.74, 6) is 0. The number of halogens is 2. The van der Waals surface area contributed by atoms with E-state index in [9.17, 15) is 0 Å². The van der Waals surface area contributed by atoms with E-state index in [-0.39, 0.29) is 32.7 Å². The maximum absolute atomic E-state index is 4.76. The van der Waals surface area contributed by atoms with E-state index in [1.807, 2.05) is 0 Å². The third-order valence-corrected chi connectivity index (χ3v) is 0. The van der Waals surface area contributed by atoms with Crippen LogP contribution in [0.25, 0.3) is 0 Å². The second-order valence-electron chi connectivity index (χ2n) is 0.101. The quantitative estimate of drug-likeness (QED) is 0.351. The summed E-state index contributed by atoms with van der Waals surface area (Å²) in [5, 5.41) is 0.194. The lowest BCUT2D eigenvalue weighted by molar-refractivity contribution is 0.823. The topological polar surface area (TPSA) is 158 Å². The molecule has 0 atom stereocenters. The van der Waals surface area contributed by atoms with Crippen LogP contribution in [0.3, 0.4) is 0 Å². The Morgan fingerprint density at radius 3 is 0.625 bits per heavy atom. The van der Waals surface area contributed by atoms with Gasteiger partial charge in [-0.3, -0.25) is 0 Å². The fraction of sp³-hybridized carbons (Fsp3) is 1.00. The van der Waals surface area contributed by atoms with Gasteiger partial charge in [0, 0.05) is 0 Å². The number of rotatable bonds is 0. The van der Waals surface area contributed by atoms with Crippen LogP contribution in [0.2, 0.25) is 0 Å². The Morgan fingerprint density at radius 1 is 0.625 bits per heavy atom. The Hall–Kier alpha value is 0.380. The smallest absolute Gasteiger partial charge is 0.0967 e. The molecular weight excluding hydrogens is 163 g/mol. The molecule has 0 aliphatic carbocycles. The third-order valence-electron chi connectivity index (χ3n) is 0. The second-order valence-corrected chi connectivity index (χ2v) is 0.909. The highest BCUT2D eigenvalue weighted by molar-refractivity contribution is 6.40. The number of alkyl halides is 2. The molecule has 0 bridgehead atoms. The molecule has 0 aromatic rings. The first-order valence-corrected chi connectivity index (χ1v) is 1.60. The van der Waals surface area contributed by atoms with Crippen LogP contribution in [0.15, 0.2) is 0 Å². The number of hydrogen-bond donors (Lipinski definition) is 0. The van der Waals surface area contributed by atoms with Crippen LogP contribution >= 0.6 is 23.2 Å². The largest absolute Gasteiger partial charge is 0.412 e. The zero-order valence-electron chi connectivity index (χ0n) is 3.96. The molecule has 0 aromatic heterocycles. The summed E-state index contributed by atoms with van der Waals surface area (Å²) >= 11 is 9.53. The average Bonchev–Trinajstić information content (AvgIpc) is 0.918. The maximum atomic E-state index is 4.76. The molecule has 0 saturated carbocycles. The molecule has 0 heterocycles. The standard InChI is InChI=1S/CH2Cl2.5H2O/c2-1-3;;;;;/h1H2;5*1H2. The van der Waals surface area contributed by atoms with E-state index in [0.717, 1.165) is 0 Å². The van der Waals surface area contributed by atoms with Crippen molar-refractivity contribution in [2.45, 2.75) is 0 Å². The third kappa shape index (κ3) is 1280. The molecule has 8 heavy (non-hydrogen) atoms. The molecule has 0 amide bonds. The van der Waals surface area contributed by atoms with Crippen LogP contribution in [-0.4, -0.2) is 32.7 Å². The molecule has 0 aliphatic rings.